The van der Waals surface area contributed by atoms with Crippen molar-refractivity contribution >= 4 is 11.6 Å². The van der Waals surface area contributed by atoms with Crippen molar-refractivity contribution in [1.29, 1.82) is 0 Å². The number of nitrogens with one attached hydrogen (secondary N) is 1. The minimum absolute atomic E-state index is 0.356. The van der Waals surface area contributed by atoms with Crippen molar-refractivity contribution in [2.75, 3.05) is 6.54 Å². The lowest BCUT2D eigenvalue weighted by atomic mass is 9.79. The summed E-state index contributed by atoms with van der Waals surface area (Å²) < 4.78 is 6.27. The molecule has 3 atom stereocenters. The summed E-state index contributed by atoms with van der Waals surface area (Å²) in [6.45, 7) is 6.43. The molecular formula is C23H30ClNO. The molecule has 2 unspecified atom stereocenters. The monoisotopic (exact) mass is 371 g/mol. The normalized spacial score (nSPS) is 21.3. The summed E-state index contributed by atoms with van der Waals surface area (Å²) in [4.78, 5) is 0. The van der Waals surface area contributed by atoms with E-state index in [1.54, 1.807) is 0 Å². The Kier molecular flexibility index (Phi) is 6.99. The molecular weight excluding hydrogens is 342 g/mol. The molecule has 1 fully saturated rings. The highest BCUT2D eigenvalue weighted by Crippen LogP contribution is 2.32. The van der Waals surface area contributed by atoms with Crippen molar-refractivity contribution in [2.45, 2.75) is 52.2 Å². The molecule has 0 aromatic heterocycles. The molecule has 1 N–H and O–H groups in total. The Hall–Kier alpha value is -1.51. The van der Waals surface area contributed by atoms with Crippen LogP contribution >= 0.6 is 11.6 Å². The second kappa shape index (κ2) is 9.43. The van der Waals surface area contributed by atoms with Crippen LogP contribution in [0.1, 0.15) is 43.7 Å². The summed E-state index contributed by atoms with van der Waals surface area (Å²) in [5, 5.41) is 4.40. The quantitative estimate of drug-likeness (QED) is 0.643. The third-order valence-electron chi connectivity index (χ3n) is 5.47. The molecule has 1 aliphatic carbocycles. The van der Waals surface area contributed by atoms with Crippen LogP contribution in [0.25, 0.3) is 0 Å². The van der Waals surface area contributed by atoms with E-state index >= 15 is 0 Å². The van der Waals surface area contributed by atoms with Crippen molar-refractivity contribution < 1.29 is 4.74 Å². The fraction of sp³-hybridized carbons (Fsp3) is 0.478. The molecule has 140 valence electrons. The average molecular weight is 372 g/mol. The standard InChI is InChI=1S/C23H30ClNO/c1-17-5-3-7-22(13-17)26-23-8-4-6-20(14-23)18(2)15-25-16-19-9-11-21(24)12-10-19/h3,5,7,9-13,18,20,23,25H,4,6,8,14-16H2,1-2H3/t18?,20?,23-/m1/s1. The highest BCUT2D eigenvalue weighted by atomic mass is 35.5. The summed E-state index contributed by atoms with van der Waals surface area (Å²) >= 11 is 5.95. The fourth-order valence-corrected chi connectivity index (χ4v) is 4.03. The lowest BCUT2D eigenvalue weighted by Crippen LogP contribution is -2.33. The van der Waals surface area contributed by atoms with Crippen molar-refractivity contribution in [1.82, 2.24) is 5.32 Å². The van der Waals surface area contributed by atoms with E-state index < -0.39 is 0 Å². The van der Waals surface area contributed by atoms with Gasteiger partial charge in [-0.2, -0.15) is 0 Å². The first kappa shape index (κ1) is 19.3. The SMILES string of the molecule is Cc1cccc(O[C@@H]2CCCC(C(C)CNCc3ccc(Cl)cc3)C2)c1. The molecule has 26 heavy (non-hydrogen) atoms. The van der Waals surface area contributed by atoms with Gasteiger partial charge in [0.25, 0.3) is 0 Å². The minimum atomic E-state index is 0.356. The maximum atomic E-state index is 6.27. The van der Waals surface area contributed by atoms with Crippen LogP contribution in [0.5, 0.6) is 5.75 Å². The number of halogens is 1. The summed E-state index contributed by atoms with van der Waals surface area (Å²) in [6.07, 6.45) is 5.28. The molecule has 0 spiro atoms. The van der Waals surface area contributed by atoms with E-state index in [0.717, 1.165) is 36.2 Å². The zero-order chi connectivity index (χ0) is 18.4. The minimum Gasteiger partial charge on any atom is -0.490 e. The average Bonchev–Trinajstić information content (AvgIpc) is 2.63. The van der Waals surface area contributed by atoms with Crippen LogP contribution in [0.3, 0.4) is 0 Å². The van der Waals surface area contributed by atoms with Gasteiger partial charge in [0.05, 0.1) is 6.10 Å². The largest absolute Gasteiger partial charge is 0.490 e. The Bertz CT molecular complexity index is 685. The van der Waals surface area contributed by atoms with Gasteiger partial charge in [0.15, 0.2) is 0 Å². The van der Waals surface area contributed by atoms with Gasteiger partial charge in [-0.25, -0.2) is 0 Å². The highest BCUT2D eigenvalue weighted by molar-refractivity contribution is 6.30. The number of hydrogen-bond donors (Lipinski definition) is 1. The molecule has 1 aliphatic rings. The van der Waals surface area contributed by atoms with Gasteiger partial charge in [0, 0.05) is 11.6 Å². The van der Waals surface area contributed by atoms with Crippen LogP contribution in [-0.4, -0.2) is 12.6 Å². The Morgan fingerprint density at radius 3 is 2.73 bits per heavy atom. The van der Waals surface area contributed by atoms with Gasteiger partial charge in [-0.15, -0.1) is 0 Å². The second-order valence-electron chi connectivity index (χ2n) is 7.72. The number of hydrogen-bond acceptors (Lipinski definition) is 2. The van der Waals surface area contributed by atoms with Crippen LogP contribution in [-0.2, 0) is 6.54 Å². The molecule has 1 saturated carbocycles. The van der Waals surface area contributed by atoms with Crippen LogP contribution in [0.2, 0.25) is 5.02 Å². The summed E-state index contributed by atoms with van der Waals surface area (Å²) in [5.41, 5.74) is 2.54. The number of aryl methyl sites for hydroxylation is 1. The first-order chi connectivity index (χ1) is 12.6. The Balaban J connectivity index is 1.45. The topological polar surface area (TPSA) is 21.3 Å². The van der Waals surface area contributed by atoms with Crippen molar-refractivity contribution in [3.8, 4) is 5.75 Å². The first-order valence-corrected chi connectivity index (χ1v) is 10.2. The first-order valence-electron chi connectivity index (χ1n) is 9.78. The smallest absolute Gasteiger partial charge is 0.119 e. The molecule has 2 aromatic carbocycles. The molecule has 0 saturated heterocycles. The van der Waals surface area contributed by atoms with Gasteiger partial charge in [0.2, 0.25) is 0 Å². The molecule has 3 rings (SSSR count). The maximum absolute atomic E-state index is 6.27. The molecule has 0 aliphatic heterocycles. The lowest BCUT2D eigenvalue weighted by molar-refractivity contribution is 0.102. The zero-order valence-corrected chi connectivity index (χ0v) is 16.6. The Labute approximate surface area is 162 Å². The highest BCUT2D eigenvalue weighted by Gasteiger charge is 2.27. The van der Waals surface area contributed by atoms with E-state index in [1.165, 1.54) is 30.4 Å². The summed E-state index contributed by atoms with van der Waals surface area (Å²) in [5.74, 6) is 2.41. The molecule has 2 nitrogen and oxygen atoms in total. The molecule has 0 radical (unpaired) electrons. The van der Waals surface area contributed by atoms with Gasteiger partial charge in [0.1, 0.15) is 5.75 Å². The molecule has 0 heterocycles. The van der Waals surface area contributed by atoms with E-state index in [9.17, 15) is 0 Å². The third-order valence-corrected chi connectivity index (χ3v) is 5.72. The van der Waals surface area contributed by atoms with Crippen molar-refractivity contribution in [3.05, 3.63) is 64.7 Å². The van der Waals surface area contributed by atoms with Crippen LogP contribution < -0.4 is 10.1 Å². The van der Waals surface area contributed by atoms with Gasteiger partial charge >= 0.3 is 0 Å². The predicted octanol–water partition coefficient (Wildman–Crippen LogP) is 6.01. The molecule has 0 bridgehead atoms. The predicted molar refractivity (Wildman–Crippen MR) is 110 cm³/mol. The van der Waals surface area contributed by atoms with Gasteiger partial charge in [-0.05, 0) is 86.4 Å². The summed E-state index contributed by atoms with van der Waals surface area (Å²) in [7, 11) is 0. The molecule has 2 aromatic rings. The van der Waals surface area contributed by atoms with Gasteiger partial charge < -0.3 is 10.1 Å². The van der Waals surface area contributed by atoms with Crippen molar-refractivity contribution in [2.24, 2.45) is 11.8 Å². The molecule has 3 heteroatoms. The van der Waals surface area contributed by atoms with E-state index in [2.05, 4.69) is 55.6 Å². The van der Waals surface area contributed by atoms with Crippen molar-refractivity contribution in [3.63, 3.8) is 0 Å². The zero-order valence-electron chi connectivity index (χ0n) is 15.9. The fourth-order valence-electron chi connectivity index (χ4n) is 3.90. The van der Waals surface area contributed by atoms with E-state index in [0.29, 0.717) is 12.0 Å². The number of ether oxygens (including phenoxy) is 1. The van der Waals surface area contributed by atoms with Gasteiger partial charge in [-0.3, -0.25) is 0 Å². The summed E-state index contributed by atoms with van der Waals surface area (Å²) in [6, 6.07) is 16.5. The number of rotatable bonds is 7. The Morgan fingerprint density at radius 1 is 1.15 bits per heavy atom. The number of benzene rings is 2. The van der Waals surface area contributed by atoms with E-state index in [1.807, 2.05) is 12.1 Å². The van der Waals surface area contributed by atoms with Gasteiger partial charge in [-0.1, -0.05) is 42.8 Å². The van der Waals surface area contributed by atoms with E-state index in [-0.39, 0.29) is 0 Å². The lowest BCUT2D eigenvalue weighted by Gasteiger charge is -2.33. The van der Waals surface area contributed by atoms with E-state index in [4.69, 9.17) is 16.3 Å². The maximum Gasteiger partial charge on any atom is 0.119 e. The second-order valence-corrected chi connectivity index (χ2v) is 8.15. The van der Waals surface area contributed by atoms with Crippen LogP contribution in [0, 0.1) is 18.8 Å². The van der Waals surface area contributed by atoms with Crippen LogP contribution in [0.4, 0.5) is 0 Å². The van der Waals surface area contributed by atoms with Crippen LogP contribution in [0.15, 0.2) is 48.5 Å². The molecule has 0 amide bonds. The Morgan fingerprint density at radius 2 is 1.96 bits per heavy atom. The third kappa shape index (κ3) is 5.75.